The molecule has 1 unspecified atom stereocenters. The van der Waals surface area contributed by atoms with E-state index >= 15 is 0 Å². The van der Waals surface area contributed by atoms with E-state index in [1.54, 1.807) is 0 Å². The quantitative estimate of drug-likeness (QED) is 0.879. The standard InChI is InChI=1S/C14H21N3OS/c1-10(16-19(18)14(2,3)4)11-7-6-8-13-12(11)9-17(5)15-13/h6-10,16H,1-5H3/t10?,19-/m0/s1. The van der Waals surface area contributed by atoms with Crippen molar-refractivity contribution in [3.63, 3.8) is 0 Å². The monoisotopic (exact) mass is 279 g/mol. The fourth-order valence-electron chi connectivity index (χ4n) is 1.96. The molecule has 1 aromatic carbocycles. The highest BCUT2D eigenvalue weighted by atomic mass is 32.2. The van der Waals surface area contributed by atoms with Crippen LogP contribution < -0.4 is 4.72 Å². The number of nitrogens with zero attached hydrogens (tertiary/aromatic N) is 2. The van der Waals surface area contributed by atoms with Gasteiger partial charge < -0.3 is 4.55 Å². The molecule has 19 heavy (non-hydrogen) atoms. The summed E-state index contributed by atoms with van der Waals surface area (Å²) in [6.07, 6.45) is 2.00. The first-order chi connectivity index (χ1) is 8.79. The van der Waals surface area contributed by atoms with Crippen LogP contribution in [0.15, 0.2) is 24.4 Å². The lowest BCUT2D eigenvalue weighted by molar-refractivity contribution is 0.532. The van der Waals surface area contributed by atoms with Crippen molar-refractivity contribution in [3.8, 4) is 0 Å². The fraction of sp³-hybridized carbons (Fsp3) is 0.500. The van der Waals surface area contributed by atoms with Gasteiger partial charge in [-0.05, 0) is 39.3 Å². The lowest BCUT2D eigenvalue weighted by Gasteiger charge is -2.26. The number of benzene rings is 1. The Kier molecular flexibility index (Phi) is 3.90. The average Bonchev–Trinajstić information content (AvgIpc) is 2.67. The summed E-state index contributed by atoms with van der Waals surface area (Å²) in [6, 6.07) is 6.06. The molecule has 0 saturated carbocycles. The number of hydrogen-bond acceptors (Lipinski definition) is 3. The van der Waals surface area contributed by atoms with Crippen LogP contribution in [0.2, 0.25) is 0 Å². The largest absolute Gasteiger partial charge is 0.598 e. The van der Waals surface area contributed by atoms with Gasteiger partial charge in [-0.3, -0.25) is 4.68 Å². The minimum absolute atomic E-state index is 0.0213. The Hall–Kier alpha value is -1.04. The molecule has 0 amide bonds. The molecule has 1 heterocycles. The number of fused-ring (bicyclic) bond motifs is 1. The first kappa shape index (κ1) is 14.4. The first-order valence-corrected chi connectivity index (χ1v) is 7.54. The summed E-state index contributed by atoms with van der Waals surface area (Å²) in [5.41, 5.74) is 2.10. The lowest BCUT2D eigenvalue weighted by Crippen LogP contribution is -2.40. The maximum atomic E-state index is 12.2. The van der Waals surface area contributed by atoms with Gasteiger partial charge in [0.15, 0.2) is 0 Å². The molecule has 1 N–H and O–H groups in total. The van der Waals surface area contributed by atoms with Gasteiger partial charge in [-0.15, -0.1) is 4.72 Å². The van der Waals surface area contributed by atoms with E-state index in [-0.39, 0.29) is 10.8 Å². The zero-order valence-corrected chi connectivity index (χ0v) is 12.9. The zero-order chi connectivity index (χ0) is 14.2. The van der Waals surface area contributed by atoms with Gasteiger partial charge in [-0.2, -0.15) is 5.10 Å². The number of hydrogen-bond donors (Lipinski definition) is 1. The first-order valence-electron chi connectivity index (χ1n) is 6.39. The Morgan fingerprint density at radius 2 is 2.05 bits per heavy atom. The van der Waals surface area contributed by atoms with Gasteiger partial charge in [0.05, 0.1) is 11.6 Å². The van der Waals surface area contributed by atoms with Gasteiger partial charge in [0.2, 0.25) is 0 Å². The minimum atomic E-state index is -1.08. The normalized spacial score (nSPS) is 15.7. The van der Waals surface area contributed by atoms with E-state index < -0.39 is 11.4 Å². The van der Waals surface area contributed by atoms with E-state index in [4.69, 9.17) is 0 Å². The van der Waals surface area contributed by atoms with Gasteiger partial charge in [0.1, 0.15) is 4.75 Å². The predicted octanol–water partition coefficient (Wildman–Crippen LogP) is 2.69. The van der Waals surface area contributed by atoms with E-state index in [2.05, 4.69) is 15.9 Å². The van der Waals surface area contributed by atoms with Crippen molar-refractivity contribution in [1.82, 2.24) is 14.5 Å². The molecule has 0 fully saturated rings. The summed E-state index contributed by atoms with van der Waals surface area (Å²) >= 11 is -1.08. The van der Waals surface area contributed by atoms with Crippen molar-refractivity contribution >= 4 is 22.3 Å². The molecule has 0 spiro atoms. The summed E-state index contributed by atoms with van der Waals surface area (Å²) in [7, 11) is 1.91. The Morgan fingerprint density at radius 1 is 1.37 bits per heavy atom. The molecule has 5 heteroatoms. The molecular formula is C14H21N3OS. The highest BCUT2D eigenvalue weighted by molar-refractivity contribution is 7.90. The van der Waals surface area contributed by atoms with Crippen LogP contribution in [0.4, 0.5) is 0 Å². The molecule has 1 aromatic heterocycles. The van der Waals surface area contributed by atoms with Crippen molar-refractivity contribution in [1.29, 1.82) is 0 Å². The number of aromatic nitrogens is 2. The fourth-order valence-corrected chi connectivity index (χ4v) is 2.76. The second-order valence-corrected chi connectivity index (χ2v) is 7.80. The molecule has 104 valence electrons. The Morgan fingerprint density at radius 3 is 2.68 bits per heavy atom. The van der Waals surface area contributed by atoms with Crippen molar-refractivity contribution in [2.24, 2.45) is 7.05 Å². The van der Waals surface area contributed by atoms with Crippen LogP contribution in [-0.2, 0) is 18.4 Å². The molecule has 2 rings (SSSR count). The van der Waals surface area contributed by atoms with E-state index in [0.29, 0.717) is 0 Å². The van der Waals surface area contributed by atoms with Crippen LogP contribution in [0.3, 0.4) is 0 Å². The Labute approximate surface area is 117 Å². The highest BCUT2D eigenvalue weighted by Gasteiger charge is 2.28. The van der Waals surface area contributed by atoms with Gasteiger partial charge in [-0.25, -0.2) is 0 Å². The van der Waals surface area contributed by atoms with E-state index in [0.717, 1.165) is 16.5 Å². The smallest absolute Gasteiger partial charge is 0.136 e. The third-order valence-corrected chi connectivity index (χ3v) is 4.68. The van der Waals surface area contributed by atoms with E-state index in [1.807, 2.05) is 57.8 Å². The molecule has 0 aliphatic carbocycles. The van der Waals surface area contributed by atoms with Crippen LogP contribution in [-0.4, -0.2) is 19.1 Å². The van der Waals surface area contributed by atoms with Gasteiger partial charge in [0, 0.05) is 30.0 Å². The summed E-state index contributed by atoms with van der Waals surface area (Å²) in [5, 5.41) is 5.50. The summed E-state index contributed by atoms with van der Waals surface area (Å²) in [5.74, 6) is 0. The number of nitrogens with one attached hydrogen (secondary N) is 1. The third-order valence-electron chi connectivity index (χ3n) is 3.00. The van der Waals surface area contributed by atoms with Gasteiger partial charge in [-0.1, -0.05) is 12.1 Å². The number of aryl methyl sites for hydroxylation is 1. The summed E-state index contributed by atoms with van der Waals surface area (Å²) in [4.78, 5) is 0. The van der Waals surface area contributed by atoms with Crippen molar-refractivity contribution in [3.05, 3.63) is 30.0 Å². The van der Waals surface area contributed by atoms with Crippen molar-refractivity contribution in [2.75, 3.05) is 0 Å². The van der Waals surface area contributed by atoms with Crippen LogP contribution >= 0.6 is 0 Å². The summed E-state index contributed by atoms with van der Waals surface area (Å²) < 4.78 is 16.9. The zero-order valence-electron chi connectivity index (χ0n) is 12.1. The molecular weight excluding hydrogens is 258 g/mol. The van der Waals surface area contributed by atoms with Crippen LogP contribution in [0.1, 0.15) is 39.3 Å². The predicted molar refractivity (Wildman–Crippen MR) is 80.2 cm³/mol. The second-order valence-electron chi connectivity index (χ2n) is 5.80. The van der Waals surface area contributed by atoms with Crippen molar-refractivity contribution in [2.45, 2.75) is 38.5 Å². The maximum absolute atomic E-state index is 12.2. The molecule has 2 aromatic rings. The second kappa shape index (κ2) is 5.15. The molecule has 0 saturated heterocycles. The maximum Gasteiger partial charge on any atom is 0.136 e. The lowest BCUT2D eigenvalue weighted by atomic mass is 10.1. The molecule has 0 bridgehead atoms. The van der Waals surface area contributed by atoms with Crippen molar-refractivity contribution < 1.29 is 4.55 Å². The number of rotatable bonds is 3. The Balaban J connectivity index is 2.29. The van der Waals surface area contributed by atoms with Crippen LogP contribution in [0, 0.1) is 0 Å². The van der Waals surface area contributed by atoms with E-state index in [9.17, 15) is 4.55 Å². The molecule has 0 aliphatic rings. The molecule has 0 radical (unpaired) electrons. The third kappa shape index (κ3) is 3.11. The molecule has 4 nitrogen and oxygen atoms in total. The SMILES string of the molecule is CC(N[S@@+]([O-])C(C)(C)C)c1cccc2nn(C)cc12. The highest BCUT2D eigenvalue weighted by Crippen LogP contribution is 2.25. The molecule has 2 atom stereocenters. The van der Waals surface area contributed by atoms with Gasteiger partial charge >= 0.3 is 0 Å². The van der Waals surface area contributed by atoms with Crippen LogP contribution in [0.25, 0.3) is 10.9 Å². The van der Waals surface area contributed by atoms with Crippen LogP contribution in [0.5, 0.6) is 0 Å². The van der Waals surface area contributed by atoms with Gasteiger partial charge in [0.25, 0.3) is 0 Å². The molecule has 0 aliphatic heterocycles. The van der Waals surface area contributed by atoms with E-state index in [1.165, 1.54) is 0 Å². The summed E-state index contributed by atoms with van der Waals surface area (Å²) in [6.45, 7) is 7.93. The average molecular weight is 279 g/mol. The Bertz CT molecular complexity index is 574. The minimum Gasteiger partial charge on any atom is -0.598 e. The topological polar surface area (TPSA) is 52.9 Å².